The molecule has 0 spiro atoms. The summed E-state index contributed by atoms with van der Waals surface area (Å²) in [7, 11) is 0. The number of hydrogen-bond donors (Lipinski definition) is 1. The molecule has 0 heterocycles. The second-order valence-electron chi connectivity index (χ2n) is 4.98. The third kappa shape index (κ3) is 3.56. The molecule has 5 heteroatoms. The standard InChI is InChI=1S/C16H17FN2O2/c1-11-5-3-4-6-13(11)7-8-18-15-9-12(2)14(17)10-16(15)19(20)21/h3-6,9-10,18H,7-8H2,1-2H3. The van der Waals surface area contributed by atoms with E-state index in [1.165, 1.54) is 17.2 Å². The van der Waals surface area contributed by atoms with Gasteiger partial charge in [0.15, 0.2) is 0 Å². The van der Waals surface area contributed by atoms with E-state index in [9.17, 15) is 14.5 Å². The fourth-order valence-electron chi connectivity index (χ4n) is 2.19. The molecule has 0 aromatic heterocycles. The summed E-state index contributed by atoms with van der Waals surface area (Å²) in [6, 6.07) is 10.4. The van der Waals surface area contributed by atoms with Gasteiger partial charge in [-0.2, -0.15) is 0 Å². The van der Waals surface area contributed by atoms with Gasteiger partial charge in [0, 0.05) is 6.54 Å². The van der Waals surface area contributed by atoms with Crippen LogP contribution in [-0.4, -0.2) is 11.5 Å². The van der Waals surface area contributed by atoms with E-state index in [-0.39, 0.29) is 5.69 Å². The van der Waals surface area contributed by atoms with Crippen molar-refractivity contribution < 1.29 is 9.31 Å². The zero-order valence-electron chi connectivity index (χ0n) is 12.0. The Balaban J connectivity index is 2.11. The van der Waals surface area contributed by atoms with Crippen LogP contribution in [0.15, 0.2) is 36.4 Å². The average Bonchev–Trinajstić information content (AvgIpc) is 2.44. The maximum atomic E-state index is 13.4. The highest BCUT2D eigenvalue weighted by Crippen LogP contribution is 2.27. The molecule has 0 saturated carbocycles. The van der Waals surface area contributed by atoms with Crippen LogP contribution in [-0.2, 0) is 6.42 Å². The molecule has 0 bridgehead atoms. The highest BCUT2D eigenvalue weighted by molar-refractivity contribution is 5.63. The first-order valence-corrected chi connectivity index (χ1v) is 6.72. The number of nitro groups is 1. The molecule has 0 aliphatic heterocycles. The second-order valence-corrected chi connectivity index (χ2v) is 4.98. The summed E-state index contributed by atoms with van der Waals surface area (Å²) in [5, 5.41) is 14.0. The van der Waals surface area contributed by atoms with Crippen molar-refractivity contribution in [2.45, 2.75) is 20.3 Å². The molecule has 0 radical (unpaired) electrons. The Morgan fingerprint density at radius 2 is 1.90 bits per heavy atom. The SMILES string of the molecule is Cc1cc(NCCc2ccccc2C)c([N+](=O)[O-])cc1F. The van der Waals surface area contributed by atoms with Crippen LogP contribution < -0.4 is 5.32 Å². The number of nitrogens with zero attached hydrogens (tertiary/aromatic N) is 1. The average molecular weight is 288 g/mol. The molecule has 1 N–H and O–H groups in total. The summed E-state index contributed by atoms with van der Waals surface area (Å²) in [6.45, 7) is 4.17. The summed E-state index contributed by atoms with van der Waals surface area (Å²) >= 11 is 0. The Labute approximate surface area is 122 Å². The van der Waals surface area contributed by atoms with Crippen LogP contribution in [0, 0.1) is 29.8 Å². The molecule has 21 heavy (non-hydrogen) atoms. The van der Waals surface area contributed by atoms with Gasteiger partial charge in [-0.05, 0) is 43.0 Å². The van der Waals surface area contributed by atoms with E-state index >= 15 is 0 Å². The second kappa shape index (κ2) is 6.35. The van der Waals surface area contributed by atoms with Crippen molar-refractivity contribution in [3.8, 4) is 0 Å². The summed E-state index contributed by atoms with van der Waals surface area (Å²) in [5.74, 6) is -0.564. The molecular formula is C16H17FN2O2. The summed E-state index contributed by atoms with van der Waals surface area (Å²) in [5.41, 5.74) is 2.88. The van der Waals surface area contributed by atoms with E-state index in [2.05, 4.69) is 5.32 Å². The molecule has 110 valence electrons. The molecule has 2 aromatic rings. The molecule has 4 nitrogen and oxygen atoms in total. The van der Waals surface area contributed by atoms with Gasteiger partial charge in [-0.1, -0.05) is 24.3 Å². The Hall–Kier alpha value is -2.43. The minimum absolute atomic E-state index is 0.233. The van der Waals surface area contributed by atoms with Gasteiger partial charge in [-0.25, -0.2) is 4.39 Å². The Morgan fingerprint density at radius 3 is 2.57 bits per heavy atom. The fourth-order valence-corrected chi connectivity index (χ4v) is 2.19. The number of halogens is 1. The molecule has 0 atom stereocenters. The van der Waals surface area contributed by atoms with Crippen LogP contribution in [0.1, 0.15) is 16.7 Å². The summed E-state index contributed by atoms with van der Waals surface area (Å²) in [6.07, 6.45) is 0.750. The molecular weight excluding hydrogens is 271 g/mol. The van der Waals surface area contributed by atoms with E-state index in [4.69, 9.17) is 0 Å². The van der Waals surface area contributed by atoms with Crippen molar-refractivity contribution in [1.82, 2.24) is 0 Å². The number of nitrogens with one attached hydrogen (secondary N) is 1. The van der Waals surface area contributed by atoms with Crippen LogP contribution in [0.25, 0.3) is 0 Å². The van der Waals surface area contributed by atoms with Crippen molar-refractivity contribution in [2.75, 3.05) is 11.9 Å². The largest absolute Gasteiger partial charge is 0.379 e. The van der Waals surface area contributed by atoms with Gasteiger partial charge >= 0.3 is 0 Å². The van der Waals surface area contributed by atoms with Crippen LogP contribution in [0.2, 0.25) is 0 Å². The lowest BCUT2D eigenvalue weighted by molar-refractivity contribution is -0.384. The summed E-state index contributed by atoms with van der Waals surface area (Å²) in [4.78, 5) is 10.4. The zero-order chi connectivity index (χ0) is 15.4. The summed E-state index contributed by atoms with van der Waals surface area (Å²) < 4.78 is 13.4. The van der Waals surface area contributed by atoms with E-state index < -0.39 is 10.7 Å². The van der Waals surface area contributed by atoms with Gasteiger partial charge in [0.2, 0.25) is 0 Å². The monoisotopic (exact) mass is 288 g/mol. The van der Waals surface area contributed by atoms with Crippen LogP contribution >= 0.6 is 0 Å². The van der Waals surface area contributed by atoms with Gasteiger partial charge in [-0.3, -0.25) is 10.1 Å². The first-order valence-electron chi connectivity index (χ1n) is 6.72. The van der Waals surface area contributed by atoms with E-state index in [0.717, 1.165) is 12.5 Å². The predicted octanol–water partition coefficient (Wildman–Crippen LogP) is 4.01. The highest BCUT2D eigenvalue weighted by atomic mass is 19.1. The minimum Gasteiger partial charge on any atom is -0.379 e. The van der Waals surface area contributed by atoms with Crippen molar-refractivity contribution in [3.05, 3.63) is 69.0 Å². The van der Waals surface area contributed by atoms with Crippen molar-refractivity contribution in [1.29, 1.82) is 0 Å². The molecule has 2 rings (SSSR count). The van der Waals surface area contributed by atoms with E-state index in [1.807, 2.05) is 31.2 Å². The van der Waals surface area contributed by atoms with Crippen LogP contribution in [0.5, 0.6) is 0 Å². The molecule has 0 unspecified atom stereocenters. The predicted molar refractivity (Wildman–Crippen MR) is 81.2 cm³/mol. The van der Waals surface area contributed by atoms with Crippen molar-refractivity contribution >= 4 is 11.4 Å². The number of anilines is 1. The Kier molecular flexibility index (Phi) is 4.52. The number of benzene rings is 2. The minimum atomic E-state index is -0.571. The van der Waals surface area contributed by atoms with Gasteiger partial charge in [0.25, 0.3) is 5.69 Å². The van der Waals surface area contributed by atoms with Crippen molar-refractivity contribution in [2.24, 2.45) is 0 Å². The fraction of sp³-hybridized carbons (Fsp3) is 0.250. The highest BCUT2D eigenvalue weighted by Gasteiger charge is 2.16. The molecule has 0 amide bonds. The maximum absolute atomic E-state index is 13.4. The van der Waals surface area contributed by atoms with Gasteiger partial charge in [0.05, 0.1) is 11.0 Å². The number of nitro benzene ring substituents is 1. The first kappa shape index (κ1) is 15.0. The number of hydrogen-bond acceptors (Lipinski definition) is 3. The van der Waals surface area contributed by atoms with E-state index in [1.54, 1.807) is 6.92 Å². The van der Waals surface area contributed by atoms with Crippen LogP contribution in [0.3, 0.4) is 0 Å². The van der Waals surface area contributed by atoms with Gasteiger partial charge < -0.3 is 5.32 Å². The van der Waals surface area contributed by atoms with Crippen LogP contribution in [0.4, 0.5) is 15.8 Å². The first-order chi connectivity index (χ1) is 9.99. The third-order valence-corrected chi connectivity index (χ3v) is 3.44. The number of rotatable bonds is 5. The smallest absolute Gasteiger partial charge is 0.295 e. The molecule has 0 aliphatic rings. The third-order valence-electron chi connectivity index (χ3n) is 3.44. The number of aryl methyl sites for hydroxylation is 2. The molecule has 2 aromatic carbocycles. The quantitative estimate of drug-likeness (QED) is 0.668. The Bertz CT molecular complexity index is 671. The lowest BCUT2D eigenvalue weighted by atomic mass is 10.1. The molecule has 0 saturated heterocycles. The molecule has 0 aliphatic carbocycles. The molecule has 0 fully saturated rings. The van der Waals surface area contributed by atoms with Gasteiger partial charge in [0.1, 0.15) is 11.5 Å². The zero-order valence-corrected chi connectivity index (χ0v) is 12.0. The normalized spacial score (nSPS) is 10.4. The lowest BCUT2D eigenvalue weighted by Gasteiger charge is -2.10. The van der Waals surface area contributed by atoms with Crippen molar-refractivity contribution in [3.63, 3.8) is 0 Å². The Morgan fingerprint density at radius 1 is 1.19 bits per heavy atom. The lowest BCUT2D eigenvalue weighted by Crippen LogP contribution is -2.08. The van der Waals surface area contributed by atoms with E-state index in [0.29, 0.717) is 17.8 Å². The topological polar surface area (TPSA) is 55.2 Å². The maximum Gasteiger partial charge on any atom is 0.295 e. The van der Waals surface area contributed by atoms with Gasteiger partial charge in [-0.15, -0.1) is 0 Å².